The van der Waals surface area contributed by atoms with Gasteiger partial charge in [-0.25, -0.2) is 13.9 Å². The predicted molar refractivity (Wildman–Crippen MR) is 90.0 cm³/mol. The van der Waals surface area contributed by atoms with Gasteiger partial charge < -0.3 is 4.74 Å². The summed E-state index contributed by atoms with van der Waals surface area (Å²) in [6, 6.07) is 8.23. The van der Waals surface area contributed by atoms with Crippen LogP contribution >= 0.6 is 0 Å². The van der Waals surface area contributed by atoms with Crippen molar-refractivity contribution in [3.63, 3.8) is 0 Å². The quantitative estimate of drug-likeness (QED) is 0.642. The fourth-order valence-corrected chi connectivity index (χ4v) is 3.88. The molecule has 0 aliphatic heterocycles. The van der Waals surface area contributed by atoms with E-state index in [1.54, 1.807) is 0 Å². The number of fused-ring (bicyclic) bond motifs is 1. The van der Waals surface area contributed by atoms with Crippen LogP contribution in [0.1, 0.15) is 45.4 Å². The molecule has 0 amide bonds. The molecule has 4 nitrogen and oxygen atoms in total. The van der Waals surface area contributed by atoms with Gasteiger partial charge in [-0.1, -0.05) is 32.4 Å². The standard InChI is InChI=1S/C19H27N2O2/c1-4-18-20(3)16-10-5-6-11-17(16)21(18)13-19(22)23-15-9-7-8-14(2)12-15/h5-6,10-11,14-15H,4,7-9,12-13H2,1-3H3/q+1/t14-,15+/m1/s1. The largest absolute Gasteiger partial charge is 0.459 e. The highest BCUT2D eigenvalue weighted by Crippen LogP contribution is 2.26. The van der Waals surface area contributed by atoms with Gasteiger partial charge in [-0.3, -0.25) is 0 Å². The van der Waals surface area contributed by atoms with Crippen LogP contribution in [0, 0.1) is 5.92 Å². The minimum absolute atomic E-state index is 0.104. The number of aromatic nitrogens is 2. The van der Waals surface area contributed by atoms with E-state index >= 15 is 0 Å². The molecule has 124 valence electrons. The zero-order chi connectivity index (χ0) is 16.4. The SMILES string of the molecule is CCc1n(CC(=O)O[C@H]2CCC[C@@H](C)C2)c2ccccc2[n+]1C. The molecule has 1 aromatic carbocycles. The number of aryl methyl sites for hydroxylation is 1. The smallest absolute Gasteiger partial charge is 0.348 e. The second-order valence-corrected chi connectivity index (χ2v) is 6.79. The third-order valence-corrected chi connectivity index (χ3v) is 5.02. The van der Waals surface area contributed by atoms with E-state index in [-0.39, 0.29) is 12.1 Å². The first-order valence-electron chi connectivity index (χ1n) is 8.75. The van der Waals surface area contributed by atoms with E-state index in [4.69, 9.17) is 4.74 Å². The van der Waals surface area contributed by atoms with E-state index in [1.165, 1.54) is 12.8 Å². The van der Waals surface area contributed by atoms with Crippen molar-refractivity contribution in [1.29, 1.82) is 0 Å². The summed E-state index contributed by atoms with van der Waals surface area (Å²) in [5.41, 5.74) is 2.25. The van der Waals surface area contributed by atoms with Gasteiger partial charge in [0.05, 0.1) is 7.05 Å². The molecule has 23 heavy (non-hydrogen) atoms. The lowest BCUT2D eigenvalue weighted by molar-refractivity contribution is -0.653. The summed E-state index contributed by atoms with van der Waals surface area (Å²) in [5, 5.41) is 0. The Morgan fingerprint density at radius 1 is 1.35 bits per heavy atom. The molecular weight excluding hydrogens is 288 g/mol. The number of hydrogen-bond acceptors (Lipinski definition) is 2. The van der Waals surface area contributed by atoms with Crippen LogP contribution in [0.4, 0.5) is 0 Å². The fraction of sp³-hybridized carbons (Fsp3) is 0.579. The lowest BCUT2D eigenvalue weighted by atomic mass is 9.89. The summed E-state index contributed by atoms with van der Waals surface area (Å²) in [6.45, 7) is 4.67. The monoisotopic (exact) mass is 315 g/mol. The van der Waals surface area contributed by atoms with Gasteiger partial charge in [-0.05, 0) is 37.3 Å². The van der Waals surface area contributed by atoms with Gasteiger partial charge in [0.1, 0.15) is 6.10 Å². The average molecular weight is 315 g/mol. The lowest BCUT2D eigenvalue weighted by Crippen LogP contribution is -2.33. The van der Waals surface area contributed by atoms with Crippen molar-refractivity contribution in [3.8, 4) is 0 Å². The second kappa shape index (κ2) is 6.73. The van der Waals surface area contributed by atoms with Crippen molar-refractivity contribution in [2.24, 2.45) is 13.0 Å². The summed E-state index contributed by atoms with van der Waals surface area (Å²) >= 11 is 0. The number of nitrogens with zero attached hydrogens (tertiary/aromatic N) is 2. The number of esters is 1. The summed E-state index contributed by atoms with van der Waals surface area (Å²) in [5.74, 6) is 1.71. The van der Waals surface area contributed by atoms with Crippen LogP contribution < -0.4 is 4.57 Å². The van der Waals surface area contributed by atoms with Crippen LogP contribution in [0.3, 0.4) is 0 Å². The third-order valence-electron chi connectivity index (χ3n) is 5.02. The topological polar surface area (TPSA) is 35.1 Å². The Hall–Kier alpha value is -1.84. The molecule has 0 spiro atoms. The summed E-state index contributed by atoms with van der Waals surface area (Å²) in [7, 11) is 2.06. The zero-order valence-corrected chi connectivity index (χ0v) is 14.4. The fourth-order valence-electron chi connectivity index (χ4n) is 3.88. The highest BCUT2D eigenvalue weighted by molar-refractivity contribution is 5.76. The molecule has 0 saturated heterocycles. The minimum atomic E-state index is -0.111. The van der Waals surface area contributed by atoms with Crippen molar-refractivity contribution in [2.75, 3.05) is 0 Å². The second-order valence-electron chi connectivity index (χ2n) is 6.79. The first-order chi connectivity index (χ1) is 11.1. The number of imidazole rings is 1. The zero-order valence-electron chi connectivity index (χ0n) is 14.4. The van der Waals surface area contributed by atoms with Crippen molar-refractivity contribution < 1.29 is 14.1 Å². The third kappa shape index (κ3) is 3.26. The molecule has 1 fully saturated rings. The lowest BCUT2D eigenvalue weighted by Gasteiger charge is -2.26. The van der Waals surface area contributed by atoms with Gasteiger partial charge >= 0.3 is 5.97 Å². The molecule has 1 aliphatic rings. The van der Waals surface area contributed by atoms with Crippen LogP contribution in [0.5, 0.6) is 0 Å². The Labute approximate surface area is 138 Å². The van der Waals surface area contributed by atoms with Gasteiger partial charge in [-0.15, -0.1) is 0 Å². The molecule has 0 unspecified atom stereocenters. The minimum Gasteiger partial charge on any atom is -0.459 e. The molecule has 1 aliphatic carbocycles. The van der Waals surface area contributed by atoms with Crippen molar-refractivity contribution in [2.45, 2.75) is 58.6 Å². The van der Waals surface area contributed by atoms with E-state index in [0.717, 1.165) is 36.1 Å². The molecule has 2 atom stereocenters. The van der Waals surface area contributed by atoms with E-state index in [1.807, 2.05) is 12.1 Å². The van der Waals surface area contributed by atoms with Crippen molar-refractivity contribution in [1.82, 2.24) is 4.57 Å². The first kappa shape index (κ1) is 16.0. The van der Waals surface area contributed by atoms with E-state index in [9.17, 15) is 4.79 Å². The van der Waals surface area contributed by atoms with Crippen LogP contribution in [-0.4, -0.2) is 16.6 Å². The van der Waals surface area contributed by atoms with Gasteiger partial charge in [0.25, 0.3) is 5.82 Å². The molecule has 4 heteroatoms. The maximum Gasteiger partial charge on any atom is 0.348 e. The first-order valence-corrected chi connectivity index (χ1v) is 8.75. The van der Waals surface area contributed by atoms with Gasteiger partial charge in [0.2, 0.25) is 0 Å². The number of ether oxygens (including phenoxy) is 1. The van der Waals surface area contributed by atoms with Crippen molar-refractivity contribution >= 4 is 17.0 Å². The Bertz CT molecular complexity index is 705. The molecule has 2 aromatic rings. The van der Waals surface area contributed by atoms with Gasteiger partial charge in [0.15, 0.2) is 17.6 Å². The molecular formula is C19H27N2O2+. The number of carbonyl (C=O) groups is 1. The summed E-state index contributed by atoms with van der Waals surface area (Å²) in [4.78, 5) is 12.5. The van der Waals surface area contributed by atoms with E-state index < -0.39 is 0 Å². The number of carbonyl (C=O) groups excluding carboxylic acids is 1. The van der Waals surface area contributed by atoms with Crippen LogP contribution in [0.25, 0.3) is 11.0 Å². The van der Waals surface area contributed by atoms with Crippen molar-refractivity contribution in [3.05, 3.63) is 30.1 Å². The molecule has 1 aromatic heterocycles. The molecule has 3 rings (SSSR count). The van der Waals surface area contributed by atoms with Crippen LogP contribution in [-0.2, 0) is 29.5 Å². The normalized spacial score (nSPS) is 21.5. The number of benzene rings is 1. The Balaban J connectivity index is 1.79. The maximum atomic E-state index is 12.5. The number of hydrogen-bond donors (Lipinski definition) is 0. The summed E-state index contributed by atoms with van der Waals surface area (Å²) < 4.78 is 10.0. The number of para-hydroxylation sites is 2. The molecule has 1 saturated carbocycles. The highest BCUT2D eigenvalue weighted by Gasteiger charge is 2.26. The Kier molecular flexibility index (Phi) is 4.69. The molecule has 1 heterocycles. The van der Waals surface area contributed by atoms with Crippen LogP contribution in [0.15, 0.2) is 24.3 Å². The average Bonchev–Trinajstić information content (AvgIpc) is 2.80. The Morgan fingerprint density at radius 3 is 2.87 bits per heavy atom. The molecule has 0 N–H and O–H groups in total. The molecule has 0 radical (unpaired) electrons. The van der Waals surface area contributed by atoms with Crippen LogP contribution in [0.2, 0.25) is 0 Å². The van der Waals surface area contributed by atoms with E-state index in [2.05, 4.69) is 42.2 Å². The highest BCUT2D eigenvalue weighted by atomic mass is 16.5. The predicted octanol–water partition coefficient (Wildman–Crippen LogP) is 3.15. The summed E-state index contributed by atoms with van der Waals surface area (Å²) in [6.07, 6.45) is 5.43. The maximum absolute atomic E-state index is 12.5. The molecule has 0 bridgehead atoms. The number of rotatable bonds is 4. The Morgan fingerprint density at radius 2 is 2.13 bits per heavy atom. The van der Waals surface area contributed by atoms with Gasteiger partial charge in [0, 0.05) is 6.42 Å². The van der Waals surface area contributed by atoms with Gasteiger partial charge in [-0.2, -0.15) is 0 Å². The van der Waals surface area contributed by atoms with E-state index in [0.29, 0.717) is 12.5 Å².